The topological polar surface area (TPSA) is 59.1 Å². The van der Waals surface area contributed by atoms with E-state index in [1.807, 2.05) is 13.0 Å². The van der Waals surface area contributed by atoms with Gasteiger partial charge in [0.05, 0.1) is 7.11 Å². The predicted octanol–water partition coefficient (Wildman–Crippen LogP) is 0.958. The minimum Gasteiger partial charge on any atom is -0.481 e. The van der Waals surface area contributed by atoms with Gasteiger partial charge >= 0.3 is 0 Å². The normalized spacial score (nSPS) is 14.9. The summed E-state index contributed by atoms with van der Waals surface area (Å²) in [5.74, 6) is 1.24. The van der Waals surface area contributed by atoms with Crippen molar-refractivity contribution in [1.82, 2.24) is 15.3 Å². The van der Waals surface area contributed by atoms with Crippen LogP contribution in [0.5, 0.6) is 5.88 Å². The Balaban J connectivity index is 1.80. The smallest absolute Gasteiger partial charge is 0.226 e. The van der Waals surface area contributed by atoms with Gasteiger partial charge in [-0.25, -0.2) is 4.98 Å². The van der Waals surface area contributed by atoms with Crippen LogP contribution in [0.15, 0.2) is 6.07 Å². The van der Waals surface area contributed by atoms with Crippen LogP contribution in [-0.2, 0) is 0 Å². The summed E-state index contributed by atoms with van der Waals surface area (Å²) in [4.78, 5) is 8.50. The van der Waals surface area contributed by atoms with Crippen molar-refractivity contribution >= 4 is 5.95 Å². The number of methoxy groups -OCH3 is 1. The van der Waals surface area contributed by atoms with Gasteiger partial charge in [-0.15, -0.1) is 0 Å². The van der Waals surface area contributed by atoms with E-state index in [1.165, 1.54) is 12.8 Å². The highest BCUT2D eigenvalue weighted by molar-refractivity contribution is 5.30. The second kappa shape index (κ2) is 5.12. The lowest BCUT2D eigenvalue weighted by atomic mass is 10.4. The molecule has 0 saturated heterocycles. The summed E-state index contributed by atoms with van der Waals surface area (Å²) in [5, 5.41) is 6.60. The van der Waals surface area contributed by atoms with Crippen molar-refractivity contribution in [2.45, 2.75) is 25.8 Å². The van der Waals surface area contributed by atoms with Gasteiger partial charge in [-0.05, 0) is 19.8 Å². The molecule has 0 aromatic carbocycles. The molecular formula is C11H18N4O. The number of nitrogens with zero attached hydrogens (tertiary/aromatic N) is 2. The molecule has 88 valence electrons. The molecule has 1 saturated carbocycles. The number of anilines is 1. The third-order valence-electron chi connectivity index (χ3n) is 2.46. The molecule has 16 heavy (non-hydrogen) atoms. The number of hydrogen-bond acceptors (Lipinski definition) is 5. The molecule has 0 atom stereocenters. The van der Waals surface area contributed by atoms with E-state index in [-0.39, 0.29) is 0 Å². The van der Waals surface area contributed by atoms with Crippen molar-refractivity contribution in [3.8, 4) is 5.88 Å². The molecule has 1 heterocycles. The Morgan fingerprint density at radius 1 is 1.38 bits per heavy atom. The molecule has 0 unspecified atom stereocenters. The van der Waals surface area contributed by atoms with Gasteiger partial charge in [0.25, 0.3) is 0 Å². The maximum Gasteiger partial charge on any atom is 0.226 e. The predicted molar refractivity (Wildman–Crippen MR) is 62.8 cm³/mol. The van der Waals surface area contributed by atoms with Gasteiger partial charge in [-0.1, -0.05) is 0 Å². The van der Waals surface area contributed by atoms with Crippen molar-refractivity contribution in [2.24, 2.45) is 0 Å². The molecule has 1 aromatic heterocycles. The van der Waals surface area contributed by atoms with Crippen molar-refractivity contribution in [2.75, 3.05) is 25.5 Å². The average molecular weight is 222 g/mol. The number of nitrogens with one attached hydrogen (secondary N) is 2. The summed E-state index contributed by atoms with van der Waals surface area (Å²) >= 11 is 0. The van der Waals surface area contributed by atoms with Crippen molar-refractivity contribution in [1.29, 1.82) is 0 Å². The second-order valence-corrected chi connectivity index (χ2v) is 4.03. The van der Waals surface area contributed by atoms with Gasteiger partial charge in [-0.3, -0.25) is 0 Å². The molecule has 1 aliphatic carbocycles. The van der Waals surface area contributed by atoms with E-state index in [9.17, 15) is 0 Å². The zero-order valence-corrected chi connectivity index (χ0v) is 9.79. The first kappa shape index (κ1) is 11.1. The summed E-state index contributed by atoms with van der Waals surface area (Å²) in [6, 6.07) is 2.56. The van der Waals surface area contributed by atoms with E-state index in [1.54, 1.807) is 7.11 Å². The minimum absolute atomic E-state index is 0.602. The number of aryl methyl sites for hydroxylation is 1. The fourth-order valence-corrected chi connectivity index (χ4v) is 1.46. The van der Waals surface area contributed by atoms with Crippen LogP contribution in [0.3, 0.4) is 0 Å². The first-order valence-corrected chi connectivity index (χ1v) is 5.65. The molecule has 1 fully saturated rings. The molecule has 0 amide bonds. The van der Waals surface area contributed by atoms with Gasteiger partial charge in [-0.2, -0.15) is 4.98 Å². The summed E-state index contributed by atoms with van der Waals surface area (Å²) in [7, 11) is 1.61. The van der Waals surface area contributed by atoms with Crippen LogP contribution < -0.4 is 15.4 Å². The number of aromatic nitrogens is 2. The molecule has 1 aromatic rings. The maximum atomic E-state index is 5.08. The maximum absolute atomic E-state index is 5.08. The largest absolute Gasteiger partial charge is 0.481 e. The number of ether oxygens (including phenoxy) is 1. The average Bonchev–Trinajstić information content (AvgIpc) is 3.07. The molecule has 5 nitrogen and oxygen atoms in total. The highest BCUT2D eigenvalue weighted by atomic mass is 16.5. The number of hydrogen-bond donors (Lipinski definition) is 2. The second-order valence-electron chi connectivity index (χ2n) is 4.03. The van der Waals surface area contributed by atoms with E-state index in [4.69, 9.17) is 4.74 Å². The van der Waals surface area contributed by atoms with E-state index in [0.29, 0.717) is 11.8 Å². The third-order valence-corrected chi connectivity index (χ3v) is 2.46. The lowest BCUT2D eigenvalue weighted by Crippen LogP contribution is -2.24. The van der Waals surface area contributed by atoms with Gasteiger partial charge in [0, 0.05) is 30.9 Å². The Kier molecular flexibility index (Phi) is 3.56. The highest BCUT2D eigenvalue weighted by Crippen LogP contribution is 2.18. The molecule has 0 spiro atoms. The Bertz CT molecular complexity index is 352. The third kappa shape index (κ3) is 3.34. The quantitative estimate of drug-likeness (QED) is 0.702. The molecular weight excluding hydrogens is 204 g/mol. The fraction of sp³-hybridized carbons (Fsp3) is 0.636. The van der Waals surface area contributed by atoms with E-state index in [2.05, 4.69) is 20.6 Å². The molecule has 2 N–H and O–H groups in total. The Hall–Kier alpha value is -1.36. The lowest BCUT2D eigenvalue weighted by molar-refractivity contribution is 0.397. The Morgan fingerprint density at radius 2 is 2.19 bits per heavy atom. The molecule has 1 aliphatic rings. The van der Waals surface area contributed by atoms with Crippen LogP contribution in [0.2, 0.25) is 0 Å². The monoisotopic (exact) mass is 222 g/mol. The zero-order chi connectivity index (χ0) is 11.4. The number of rotatable bonds is 6. The van der Waals surface area contributed by atoms with Gasteiger partial charge in [0.15, 0.2) is 0 Å². The van der Waals surface area contributed by atoms with Crippen LogP contribution >= 0.6 is 0 Å². The van der Waals surface area contributed by atoms with Crippen LogP contribution in [0.25, 0.3) is 0 Å². The highest BCUT2D eigenvalue weighted by Gasteiger charge is 2.19. The molecule has 0 radical (unpaired) electrons. The first-order valence-electron chi connectivity index (χ1n) is 5.65. The van der Waals surface area contributed by atoms with Gasteiger partial charge < -0.3 is 15.4 Å². The van der Waals surface area contributed by atoms with Crippen LogP contribution in [-0.4, -0.2) is 36.2 Å². The van der Waals surface area contributed by atoms with E-state index >= 15 is 0 Å². The van der Waals surface area contributed by atoms with Crippen LogP contribution in [0, 0.1) is 6.92 Å². The van der Waals surface area contributed by atoms with Crippen molar-refractivity contribution in [3.05, 3.63) is 11.8 Å². The molecule has 2 rings (SSSR count). The summed E-state index contributed by atoms with van der Waals surface area (Å²) < 4.78 is 5.08. The molecule has 0 bridgehead atoms. The molecule has 5 heteroatoms. The van der Waals surface area contributed by atoms with Crippen LogP contribution in [0.4, 0.5) is 5.95 Å². The summed E-state index contributed by atoms with van der Waals surface area (Å²) in [6.45, 7) is 3.71. The summed E-state index contributed by atoms with van der Waals surface area (Å²) in [5.41, 5.74) is 0.907. The lowest BCUT2D eigenvalue weighted by Gasteiger charge is -2.07. The molecule has 0 aliphatic heterocycles. The first-order chi connectivity index (χ1) is 7.78. The fourth-order valence-electron chi connectivity index (χ4n) is 1.46. The van der Waals surface area contributed by atoms with E-state index < -0.39 is 0 Å². The Labute approximate surface area is 95.6 Å². The van der Waals surface area contributed by atoms with Crippen molar-refractivity contribution < 1.29 is 4.74 Å². The van der Waals surface area contributed by atoms with Crippen molar-refractivity contribution in [3.63, 3.8) is 0 Å². The van der Waals surface area contributed by atoms with Gasteiger partial charge in [0.2, 0.25) is 11.8 Å². The summed E-state index contributed by atoms with van der Waals surface area (Å²) in [6.07, 6.45) is 2.63. The SMILES string of the molecule is COc1cc(C)nc(NCCNC2CC2)n1. The van der Waals surface area contributed by atoms with Crippen LogP contribution in [0.1, 0.15) is 18.5 Å². The van der Waals surface area contributed by atoms with E-state index in [0.717, 1.165) is 24.8 Å². The standard InChI is InChI=1S/C11H18N4O/c1-8-7-10(16-2)15-11(14-8)13-6-5-12-9-3-4-9/h7,9,12H,3-6H2,1-2H3,(H,13,14,15). The minimum atomic E-state index is 0.602. The Morgan fingerprint density at radius 3 is 2.88 bits per heavy atom. The van der Waals surface area contributed by atoms with Gasteiger partial charge in [0.1, 0.15) is 0 Å². The zero-order valence-electron chi connectivity index (χ0n) is 9.79.